The third-order valence-electron chi connectivity index (χ3n) is 3.70. The smallest absolute Gasteiger partial charge is 0.273 e. The van der Waals surface area contributed by atoms with E-state index in [0.717, 1.165) is 5.56 Å². The average Bonchev–Trinajstić information content (AvgIpc) is 3.13. The molecule has 0 saturated carbocycles. The van der Waals surface area contributed by atoms with Gasteiger partial charge in [-0.15, -0.1) is 0 Å². The molecule has 0 aliphatic carbocycles. The molecule has 3 rings (SSSR count). The van der Waals surface area contributed by atoms with Gasteiger partial charge in [0.05, 0.1) is 6.61 Å². The molecule has 6 nitrogen and oxygen atoms in total. The van der Waals surface area contributed by atoms with Gasteiger partial charge in [0.1, 0.15) is 17.2 Å². The molecule has 0 saturated heterocycles. The van der Waals surface area contributed by atoms with Crippen LogP contribution in [-0.4, -0.2) is 20.8 Å². The lowest BCUT2D eigenvalue weighted by Gasteiger charge is -2.09. The molecule has 0 bridgehead atoms. The van der Waals surface area contributed by atoms with Crippen molar-refractivity contribution in [2.24, 2.45) is 0 Å². The van der Waals surface area contributed by atoms with Crippen LogP contribution in [0, 0.1) is 0 Å². The number of aryl methyl sites for hydroxylation is 1. The molecule has 6 heteroatoms. The molecule has 0 fully saturated rings. The zero-order valence-corrected chi connectivity index (χ0v) is 13.8. The molecule has 2 N–H and O–H groups in total. The molecule has 3 aromatic rings. The number of anilines is 1. The van der Waals surface area contributed by atoms with E-state index in [9.17, 15) is 4.79 Å². The van der Waals surface area contributed by atoms with E-state index in [4.69, 9.17) is 9.84 Å². The highest BCUT2D eigenvalue weighted by molar-refractivity contribution is 6.03. The number of carbonyl (C=O) groups excluding carboxylic acids is 1. The molecule has 0 unspecified atom stereocenters. The Morgan fingerprint density at radius 3 is 2.32 bits per heavy atom. The van der Waals surface area contributed by atoms with Gasteiger partial charge >= 0.3 is 0 Å². The topological polar surface area (TPSA) is 76.4 Å². The van der Waals surface area contributed by atoms with E-state index in [0.29, 0.717) is 29.4 Å². The maximum Gasteiger partial charge on any atom is 0.273 e. The number of amides is 1. The maximum absolute atomic E-state index is 12.3. The minimum atomic E-state index is -0.201. The van der Waals surface area contributed by atoms with Crippen LogP contribution in [0.1, 0.15) is 23.0 Å². The number of rotatable bonds is 6. The number of hydrogen-bond acceptors (Lipinski definition) is 4. The van der Waals surface area contributed by atoms with Gasteiger partial charge in [-0.1, -0.05) is 12.1 Å². The summed E-state index contributed by atoms with van der Waals surface area (Å²) in [6.07, 6.45) is 1.61. The Bertz CT molecular complexity index is 839. The Morgan fingerprint density at radius 2 is 1.72 bits per heavy atom. The summed E-state index contributed by atoms with van der Waals surface area (Å²) >= 11 is 0. The van der Waals surface area contributed by atoms with Gasteiger partial charge in [0.2, 0.25) is 0 Å². The molecule has 128 valence electrons. The molecule has 25 heavy (non-hydrogen) atoms. The first-order valence-corrected chi connectivity index (χ1v) is 8.00. The molecule has 0 radical (unpaired) electrons. The number of aromatic nitrogens is 2. The molecule has 0 spiro atoms. The zero-order valence-electron chi connectivity index (χ0n) is 13.8. The fourth-order valence-corrected chi connectivity index (χ4v) is 2.38. The van der Waals surface area contributed by atoms with Gasteiger partial charge in [0.25, 0.3) is 5.91 Å². The van der Waals surface area contributed by atoms with E-state index >= 15 is 0 Å². The number of aliphatic hydroxyl groups is 1. The normalized spacial score (nSPS) is 10.5. The quantitative estimate of drug-likeness (QED) is 0.722. The van der Waals surface area contributed by atoms with Crippen LogP contribution < -0.4 is 10.1 Å². The van der Waals surface area contributed by atoms with Crippen LogP contribution in [0.2, 0.25) is 0 Å². The first-order valence-electron chi connectivity index (χ1n) is 8.00. The number of benzene rings is 2. The van der Waals surface area contributed by atoms with Crippen molar-refractivity contribution in [3.8, 4) is 11.5 Å². The van der Waals surface area contributed by atoms with Crippen LogP contribution in [0.5, 0.6) is 11.5 Å². The van der Waals surface area contributed by atoms with Crippen LogP contribution >= 0.6 is 0 Å². The van der Waals surface area contributed by atoms with Gasteiger partial charge in [-0.3, -0.25) is 9.48 Å². The molecule has 1 amide bonds. The van der Waals surface area contributed by atoms with Crippen molar-refractivity contribution >= 4 is 11.6 Å². The van der Waals surface area contributed by atoms with Crippen molar-refractivity contribution in [3.63, 3.8) is 0 Å². The summed E-state index contributed by atoms with van der Waals surface area (Å²) in [4.78, 5) is 12.3. The summed E-state index contributed by atoms with van der Waals surface area (Å²) in [5.74, 6) is 1.14. The number of nitrogens with zero attached hydrogens (tertiary/aromatic N) is 2. The molecular weight excluding hydrogens is 318 g/mol. The number of carbonyl (C=O) groups is 1. The zero-order chi connectivity index (χ0) is 17.6. The van der Waals surface area contributed by atoms with Crippen molar-refractivity contribution in [2.75, 3.05) is 5.32 Å². The minimum Gasteiger partial charge on any atom is -0.457 e. The summed E-state index contributed by atoms with van der Waals surface area (Å²) in [7, 11) is 0. The summed E-state index contributed by atoms with van der Waals surface area (Å²) in [6, 6.07) is 16.0. The third kappa shape index (κ3) is 4.05. The number of aliphatic hydroxyl groups excluding tert-OH is 1. The second-order valence-corrected chi connectivity index (χ2v) is 5.41. The fraction of sp³-hybridized carbons (Fsp3) is 0.158. The third-order valence-corrected chi connectivity index (χ3v) is 3.70. The van der Waals surface area contributed by atoms with E-state index in [1.54, 1.807) is 65.5 Å². The Hall–Kier alpha value is -3.12. The average molecular weight is 337 g/mol. The van der Waals surface area contributed by atoms with Crippen LogP contribution in [-0.2, 0) is 13.2 Å². The van der Waals surface area contributed by atoms with Gasteiger partial charge in [-0.05, 0) is 55.0 Å². The highest BCUT2D eigenvalue weighted by atomic mass is 16.5. The van der Waals surface area contributed by atoms with Gasteiger partial charge < -0.3 is 15.2 Å². The van der Waals surface area contributed by atoms with Crippen molar-refractivity contribution in [1.82, 2.24) is 9.78 Å². The predicted molar refractivity (Wildman–Crippen MR) is 94.7 cm³/mol. The molecule has 1 heterocycles. The van der Waals surface area contributed by atoms with E-state index in [1.165, 1.54) is 0 Å². The highest BCUT2D eigenvalue weighted by Crippen LogP contribution is 2.23. The number of ether oxygens (including phenoxy) is 1. The largest absolute Gasteiger partial charge is 0.457 e. The van der Waals surface area contributed by atoms with Crippen LogP contribution in [0.25, 0.3) is 0 Å². The molecule has 0 aliphatic heterocycles. The number of hydrogen-bond donors (Lipinski definition) is 2. The second-order valence-electron chi connectivity index (χ2n) is 5.41. The van der Waals surface area contributed by atoms with Crippen LogP contribution in [0.4, 0.5) is 5.69 Å². The van der Waals surface area contributed by atoms with Crippen molar-refractivity contribution in [3.05, 3.63) is 72.1 Å². The molecule has 2 aromatic carbocycles. The van der Waals surface area contributed by atoms with E-state index in [1.807, 2.05) is 6.92 Å². The summed E-state index contributed by atoms with van der Waals surface area (Å²) in [5.41, 5.74) is 2.03. The van der Waals surface area contributed by atoms with Gasteiger partial charge in [-0.25, -0.2) is 0 Å². The van der Waals surface area contributed by atoms with Gasteiger partial charge in [0, 0.05) is 18.4 Å². The van der Waals surface area contributed by atoms with Gasteiger partial charge in [-0.2, -0.15) is 5.10 Å². The molecule has 0 atom stereocenters. The lowest BCUT2D eigenvalue weighted by Crippen LogP contribution is -2.17. The van der Waals surface area contributed by atoms with Crippen LogP contribution in [0.15, 0.2) is 60.8 Å². The highest BCUT2D eigenvalue weighted by Gasteiger charge is 2.11. The van der Waals surface area contributed by atoms with Crippen molar-refractivity contribution in [2.45, 2.75) is 20.1 Å². The first kappa shape index (κ1) is 16.7. The second kappa shape index (κ2) is 7.63. The monoisotopic (exact) mass is 337 g/mol. The predicted octanol–water partition coefficient (Wildman–Crippen LogP) is 3.44. The SMILES string of the molecule is CCn1nccc1C(=O)Nc1ccc(Oc2ccc(CO)cc2)cc1. The Kier molecular flexibility index (Phi) is 5.11. The lowest BCUT2D eigenvalue weighted by atomic mass is 10.2. The number of nitrogens with one attached hydrogen (secondary N) is 1. The van der Waals surface area contributed by atoms with Crippen LogP contribution in [0.3, 0.4) is 0 Å². The van der Waals surface area contributed by atoms with Crippen molar-refractivity contribution < 1.29 is 14.6 Å². The molecule has 1 aromatic heterocycles. The first-order chi connectivity index (χ1) is 12.2. The van der Waals surface area contributed by atoms with Gasteiger partial charge in [0.15, 0.2) is 0 Å². The summed E-state index contributed by atoms with van der Waals surface area (Å²) < 4.78 is 7.38. The minimum absolute atomic E-state index is 0.00556. The molecular formula is C19H19N3O3. The Morgan fingerprint density at radius 1 is 1.08 bits per heavy atom. The fourth-order valence-electron chi connectivity index (χ4n) is 2.38. The lowest BCUT2D eigenvalue weighted by molar-refractivity contribution is 0.101. The van der Waals surface area contributed by atoms with E-state index < -0.39 is 0 Å². The summed E-state index contributed by atoms with van der Waals surface area (Å²) in [5, 5.41) is 16.0. The maximum atomic E-state index is 12.3. The Balaban J connectivity index is 1.64. The standard InChI is InChI=1S/C19H19N3O3/c1-2-22-18(11-12-20-22)19(24)21-15-5-9-17(10-6-15)25-16-7-3-14(13-23)4-8-16/h3-12,23H,2,13H2,1H3,(H,21,24). The summed E-state index contributed by atoms with van der Waals surface area (Å²) in [6.45, 7) is 2.58. The van der Waals surface area contributed by atoms with E-state index in [-0.39, 0.29) is 12.5 Å². The molecule has 0 aliphatic rings. The van der Waals surface area contributed by atoms with E-state index in [2.05, 4.69) is 10.4 Å². The van der Waals surface area contributed by atoms with Crippen molar-refractivity contribution in [1.29, 1.82) is 0 Å². The Labute approximate surface area is 145 Å².